The molecule has 1 aliphatic rings. The molecule has 0 amide bonds. The van der Waals surface area contributed by atoms with Gasteiger partial charge in [-0.3, -0.25) is 4.79 Å². The Labute approximate surface area is 106 Å². The van der Waals surface area contributed by atoms with Gasteiger partial charge in [0.15, 0.2) is 0 Å². The first-order valence-corrected chi connectivity index (χ1v) is 6.95. The summed E-state index contributed by atoms with van der Waals surface area (Å²) in [7, 11) is 0. The number of hydrogen-bond donors (Lipinski definition) is 2. The molecule has 4 heteroatoms. The van der Waals surface area contributed by atoms with Gasteiger partial charge in [-0.25, -0.2) is 0 Å². The van der Waals surface area contributed by atoms with E-state index >= 15 is 0 Å². The molecular formula is C13H17NO2S. The van der Waals surface area contributed by atoms with Gasteiger partial charge in [-0.2, -0.15) is 0 Å². The number of hydrogen-bond acceptors (Lipinski definition) is 3. The Bertz CT molecular complexity index is 433. The summed E-state index contributed by atoms with van der Waals surface area (Å²) >= 11 is 1.73. The summed E-state index contributed by atoms with van der Waals surface area (Å²) in [5, 5.41) is 12.3. The van der Waals surface area contributed by atoms with Crippen LogP contribution in [0.25, 0.3) is 0 Å². The lowest BCUT2D eigenvalue weighted by atomic mass is 9.99. The average Bonchev–Trinajstić information content (AvgIpc) is 2.79. The zero-order valence-corrected chi connectivity index (χ0v) is 10.9. The summed E-state index contributed by atoms with van der Waals surface area (Å²) in [6.07, 6.45) is 2.75. The third-order valence-corrected chi connectivity index (χ3v) is 4.19. The van der Waals surface area contributed by atoms with Crippen molar-refractivity contribution in [1.29, 1.82) is 0 Å². The SMILES string of the molecule is CSc1cc(C2CC(C(=O)O)CN2)ccc1C. The van der Waals surface area contributed by atoms with Crippen molar-refractivity contribution < 1.29 is 9.90 Å². The van der Waals surface area contributed by atoms with E-state index < -0.39 is 5.97 Å². The van der Waals surface area contributed by atoms with Crippen LogP contribution in [0.5, 0.6) is 0 Å². The molecule has 1 heterocycles. The second-order valence-electron chi connectivity index (χ2n) is 4.46. The van der Waals surface area contributed by atoms with E-state index in [4.69, 9.17) is 5.11 Å². The van der Waals surface area contributed by atoms with Crippen LogP contribution in [-0.2, 0) is 4.79 Å². The Morgan fingerprint density at radius 2 is 2.29 bits per heavy atom. The summed E-state index contributed by atoms with van der Waals surface area (Å²) in [6, 6.07) is 6.55. The first kappa shape index (κ1) is 12.5. The van der Waals surface area contributed by atoms with Crippen molar-refractivity contribution in [3.05, 3.63) is 29.3 Å². The topological polar surface area (TPSA) is 49.3 Å². The zero-order valence-electron chi connectivity index (χ0n) is 10.1. The number of carbonyl (C=O) groups is 1. The number of aliphatic carboxylic acids is 1. The van der Waals surface area contributed by atoms with Crippen LogP contribution in [0.15, 0.2) is 23.1 Å². The average molecular weight is 251 g/mol. The molecule has 1 aliphatic heterocycles. The third-order valence-electron chi connectivity index (χ3n) is 3.31. The highest BCUT2D eigenvalue weighted by Gasteiger charge is 2.30. The summed E-state index contributed by atoms with van der Waals surface area (Å²) in [4.78, 5) is 12.2. The predicted molar refractivity (Wildman–Crippen MR) is 69.4 cm³/mol. The quantitative estimate of drug-likeness (QED) is 0.810. The van der Waals surface area contributed by atoms with Gasteiger partial charge >= 0.3 is 5.97 Å². The van der Waals surface area contributed by atoms with Gasteiger partial charge < -0.3 is 10.4 Å². The van der Waals surface area contributed by atoms with Gasteiger partial charge in [0.05, 0.1) is 5.92 Å². The third kappa shape index (κ3) is 2.64. The van der Waals surface area contributed by atoms with Crippen LogP contribution < -0.4 is 5.32 Å². The van der Waals surface area contributed by atoms with E-state index in [2.05, 4.69) is 36.7 Å². The zero-order chi connectivity index (χ0) is 12.4. The summed E-state index contributed by atoms with van der Waals surface area (Å²) in [5.74, 6) is -0.948. The Balaban J connectivity index is 2.16. The van der Waals surface area contributed by atoms with Crippen LogP contribution in [0.2, 0.25) is 0 Å². The summed E-state index contributed by atoms with van der Waals surface area (Å²) in [6.45, 7) is 2.67. The minimum atomic E-state index is -0.697. The molecular weight excluding hydrogens is 234 g/mol. The molecule has 1 saturated heterocycles. The van der Waals surface area contributed by atoms with Crippen LogP contribution >= 0.6 is 11.8 Å². The summed E-state index contributed by atoms with van der Waals surface area (Å²) in [5.41, 5.74) is 2.47. The van der Waals surface area contributed by atoms with Gasteiger partial charge in [0.1, 0.15) is 0 Å². The van der Waals surface area contributed by atoms with E-state index in [1.54, 1.807) is 11.8 Å². The van der Waals surface area contributed by atoms with Crippen LogP contribution in [0.3, 0.4) is 0 Å². The maximum atomic E-state index is 10.9. The van der Waals surface area contributed by atoms with Crippen molar-refractivity contribution in [2.24, 2.45) is 5.92 Å². The molecule has 0 aliphatic carbocycles. The molecule has 17 heavy (non-hydrogen) atoms. The highest BCUT2D eigenvalue weighted by Crippen LogP contribution is 2.30. The fourth-order valence-electron chi connectivity index (χ4n) is 2.23. The lowest BCUT2D eigenvalue weighted by Crippen LogP contribution is -2.17. The van der Waals surface area contributed by atoms with Crippen LogP contribution in [0.1, 0.15) is 23.6 Å². The lowest BCUT2D eigenvalue weighted by molar-refractivity contribution is -0.141. The lowest BCUT2D eigenvalue weighted by Gasteiger charge is -2.13. The smallest absolute Gasteiger partial charge is 0.307 e. The molecule has 0 aromatic heterocycles. The van der Waals surface area contributed by atoms with Gasteiger partial charge in [-0.15, -0.1) is 11.8 Å². The molecule has 0 saturated carbocycles. The number of carboxylic acid groups (broad SMARTS) is 1. The molecule has 0 bridgehead atoms. The molecule has 2 atom stereocenters. The molecule has 2 rings (SSSR count). The molecule has 0 spiro atoms. The van der Waals surface area contributed by atoms with E-state index in [1.165, 1.54) is 16.0 Å². The normalized spacial score (nSPS) is 23.9. The fraction of sp³-hybridized carbons (Fsp3) is 0.462. The van der Waals surface area contributed by atoms with Gasteiger partial charge in [-0.05, 0) is 36.8 Å². The largest absolute Gasteiger partial charge is 0.481 e. The van der Waals surface area contributed by atoms with E-state index in [0.29, 0.717) is 13.0 Å². The molecule has 1 fully saturated rings. The molecule has 0 radical (unpaired) electrons. The number of nitrogens with one attached hydrogen (secondary N) is 1. The Morgan fingerprint density at radius 1 is 1.53 bits per heavy atom. The minimum absolute atomic E-state index is 0.183. The molecule has 1 aromatic carbocycles. The predicted octanol–water partition coefficient (Wildman–Crippen LogP) is 2.45. The first-order chi connectivity index (χ1) is 8.11. The molecule has 1 aromatic rings. The number of rotatable bonds is 3. The Hall–Kier alpha value is -1.00. The van der Waals surface area contributed by atoms with Gasteiger partial charge in [-0.1, -0.05) is 12.1 Å². The molecule has 2 unspecified atom stereocenters. The van der Waals surface area contributed by atoms with E-state index in [-0.39, 0.29) is 12.0 Å². The molecule has 92 valence electrons. The molecule has 3 nitrogen and oxygen atoms in total. The van der Waals surface area contributed by atoms with Crippen molar-refractivity contribution in [2.45, 2.75) is 24.3 Å². The van der Waals surface area contributed by atoms with Gasteiger partial charge in [0.2, 0.25) is 0 Å². The maximum Gasteiger partial charge on any atom is 0.307 e. The van der Waals surface area contributed by atoms with Crippen LogP contribution in [-0.4, -0.2) is 23.9 Å². The second kappa shape index (κ2) is 5.10. The van der Waals surface area contributed by atoms with Crippen molar-refractivity contribution in [2.75, 3.05) is 12.8 Å². The summed E-state index contributed by atoms with van der Waals surface area (Å²) < 4.78 is 0. The van der Waals surface area contributed by atoms with Crippen molar-refractivity contribution in [1.82, 2.24) is 5.32 Å². The number of thioether (sulfide) groups is 1. The highest BCUT2D eigenvalue weighted by atomic mass is 32.2. The van der Waals surface area contributed by atoms with Gasteiger partial charge in [0, 0.05) is 17.5 Å². The maximum absolute atomic E-state index is 10.9. The van der Waals surface area contributed by atoms with Crippen LogP contribution in [0, 0.1) is 12.8 Å². The van der Waals surface area contributed by atoms with Crippen molar-refractivity contribution in [3.8, 4) is 0 Å². The Kier molecular flexibility index (Phi) is 3.74. The van der Waals surface area contributed by atoms with Crippen LogP contribution in [0.4, 0.5) is 0 Å². The Morgan fingerprint density at radius 3 is 2.88 bits per heavy atom. The first-order valence-electron chi connectivity index (χ1n) is 5.72. The van der Waals surface area contributed by atoms with E-state index in [9.17, 15) is 4.79 Å². The molecule has 2 N–H and O–H groups in total. The second-order valence-corrected chi connectivity index (χ2v) is 5.31. The highest BCUT2D eigenvalue weighted by molar-refractivity contribution is 7.98. The monoisotopic (exact) mass is 251 g/mol. The van der Waals surface area contributed by atoms with E-state index in [0.717, 1.165) is 0 Å². The standard InChI is InChI=1S/C13H17NO2S/c1-8-3-4-9(6-12(8)17-2)11-5-10(7-14-11)13(15)16/h3-4,6,10-11,14H,5,7H2,1-2H3,(H,15,16). The number of aryl methyl sites for hydroxylation is 1. The van der Waals surface area contributed by atoms with Gasteiger partial charge in [0.25, 0.3) is 0 Å². The van der Waals surface area contributed by atoms with Crippen molar-refractivity contribution in [3.63, 3.8) is 0 Å². The van der Waals surface area contributed by atoms with Crippen molar-refractivity contribution >= 4 is 17.7 Å². The fourth-order valence-corrected chi connectivity index (χ4v) is 2.88. The van der Waals surface area contributed by atoms with E-state index in [1.807, 2.05) is 0 Å². The number of carboxylic acids is 1. The number of benzene rings is 1. The minimum Gasteiger partial charge on any atom is -0.481 e.